The lowest BCUT2D eigenvalue weighted by Gasteiger charge is -2.06. The predicted octanol–water partition coefficient (Wildman–Crippen LogP) is 4.57. The Hall–Kier alpha value is -1.26. The second-order valence-electron chi connectivity index (χ2n) is 5.73. The zero-order valence-electron chi connectivity index (χ0n) is 13.2. The van der Waals surface area contributed by atoms with E-state index in [1.807, 2.05) is 12.1 Å². The summed E-state index contributed by atoms with van der Waals surface area (Å²) in [4.78, 5) is 5.94. The lowest BCUT2D eigenvalue weighted by Crippen LogP contribution is -2.18. The third kappa shape index (κ3) is 4.11. The van der Waals surface area contributed by atoms with Gasteiger partial charge in [0.25, 0.3) is 0 Å². The maximum atomic E-state index is 13.7. The van der Waals surface area contributed by atoms with E-state index in [-0.39, 0.29) is 5.82 Å². The fourth-order valence-electron chi connectivity index (χ4n) is 2.12. The lowest BCUT2D eigenvalue weighted by atomic mass is 10.1. The van der Waals surface area contributed by atoms with E-state index in [9.17, 15) is 4.39 Å². The average molecular weight is 306 g/mol. The molecule has 114 valence electrons. The minimum atomic E-state index is -0.166. The number of aromatic nitrogens is 1. The third-order valence-corrected chi connectivity index (χ3v) is 4.52. The standard InChI is InChI=1S/C17H23FN2S/c1-5-15-16(10-19-9-11(2)3)21-17(20-15)13-7-6-12(4)14(18)8-13/h6-8,11,19H,5,9-10H2,1-4H3. The molecule has 2 nitrogen and oxygen atoms in total. The predicted molar refractivity (Wildman–Crippen MR) is 88.2 cm³/mol. The van der Waals surface area contributed by atoms with Crippen LogP contribution >= 0.6 is 11.3 Å². The summed E-state index contributed by atoms with van der Waals surface area (Å²) in [6.45, 7) is 10.1. The minimum Gasteiger partial charge on any atom is -0.312 e. The van der Waals surface area contributed by atoms with Crippen LogP contribution in [0.3, 0.4) is 0 Å². The molecular weight excluding hydrogens is 283 g/mol. The van der Waals surface area contributed by atoms with E-state index in [0.717, 1.165) is 35.8 Å². The van der Waals surface area contributed by atoms with E-state index in [0.29, 0.717) is 11.5 Å². The first-order valence-electron chi connectivity index (χ1n) is 7.47. The van der Waals surface area contributed by atoms with Crippen LogP contribution in [0, 0.1) is 18.7 Å². The molecule has 0 saturated carbocycles. The Balaban J connectivity index is 2.21. The van der Waals surface area contributed by atoms with Crippen molar-refractivity contribution in [3.63, 3.8) is 0 Å². The van der Waals surface area contributed by atoms with Gasteiger partial charge in [-0.3, -0.25) is 0 Å². The zero-order valence-corrected chi connectivity index (χ0v) is 14.0. The summed E-state index contributed by atoms with van der Waals surface area (Å²) < 4.78 is 13.7. The Labute approximate surface area is 130 Å². The quantitative estimate of drug-likeness (QED) is 0.846. The highest BCUT2D eigenvalue weighted by molar-refractivity contribution is 7.15. The largest absolute Gasteiger partial charge is 0.312 e. The molecule has 1 aromatic heterocycles. The van der Waals surface area contributed by atoms with Gasteiger partial charge in [-0.05, 0) is 37.4 Å². The molecule has 0 saturated heterocycles. The molecule has 0 amide bonds. The third-order valence-electron chi connectivity index (χ3n) is 3.37. The molecule has 1 N–H and O–H groups in total. The average Bonchev–Trinajstić information content (AvgIpc) is 2.85. The molecule has 0 unspecified atom stereocenters. The molecule has 4 heteroatoms. The van der Waals surface area contributed by atoms with Gasteiger partial charge in [0.05, 0.1) is 5.69 Å². The number of aryl methyl sites for hydroxylation is 2. The number of rotatable bonds is 6. The smallest absolute Gasteiger partial charge is 0.126 e. The van der Waals surface area contributed by atoms with Crippen molar-refractivity contribution in [2.75, 3.05) is 6.54 Å². The minimum absolute atomic E-state index is 0.166. The highest BCUT2D eigenvalue weighted by atomic mass is 32.1. The van der Waals surface area contributed by atoms with Crippen molar-refractivity contribution in [3.8, 4) is 10.6 Å². The van der Waals surface area contributed by atoms with Crippen LogP contribution in [0.15, 0.2) is 18.2 Å². The number of hydrogen-bond acceptors (Lipinski definition) is 3. The summed E-state index contributed by atoms with van der Waals surface area (Å²) >= 11 is 1.66. The molecule has 0 aliphatic rings. The van der Waals surface area contributed by atoms with Crippen molar-refractivity contribution in [1.82, 2.24) is 10.3 Å². The van der Waals surface area contributed by atoms with Crippen LogP contribution in [-0.2, 0) is 13.0 Å². The second-order valence-corrected chi connectivity index (χ2v) is 6.81. The van der Waals surface area contributed by atoms with Gasteiger partial charge in [-0.1, -0.05) is 32.9 Å². The van der Waals surface area contributed by atoms with Crippen LogP contribution in [-0.4, -0.2) is 11.5 Å². The van der Waals surface area contributed by atoms with Crippen LogP contribution in [0.4, 0.5) is 4.39 Å². The SMILES string of the molecule is CCc1nc(-c2ccc(C)c(F)c2)sc1CNCC(C)C. The topological polar surface area (TPSA) is 24.9 Å². The van der Waals surface area contributed by atoms with Gasteiger partial charge in [0.2, 0.25) is 0 Å². The van der Waals surface area contributed by atoms with E-state index < -0.39 is 0 Å². The molecular formula is C17H23FN2S. The van der Waals surface area contributed by atoms with Crippen LogP contribution in [0.25, 0.3) is 10.6 Å². The van der Waals surface area contributed by atoms with Crippen LogP contribution in [0.5, 0.6) is 0 Å². The van der Waals surface area contributed by atoms with E-state index in [1.54, 1.807) is 24.3 Å². The van der Waals surface area contributed by atoms with Gasteiger partial charge in [-0.15, -0.1) is 11.3 Å². The summed E-state index contributed by atoms with van der Waals surface area (Å²) in [6, 6.07) is 5.34. The van der Waals surface area contributed by atoms with Crippen molar-refractivity contribution in [2.45, 2.75) is 40.7 Å². The molecule has 2 aromatic rings. The van der Waals surface area contributed by atoms with Crippen LogP contribution in [0.2, 0.25) is 0 Å². The molecule has 0 radical (unpaired) electrons. The van der Waals surface area contributed by atoms with Crippen molar-refractivity contribution < 1.29 is 4.39 Å². The normalized spacial score (nSPS) is 11.3. The molecule has 0 atom stereocenters. The van der Waals surface area contributed by atoms with Crippen molar-refractivity contribution >= 4 is 11.3 Å². The van der Waals surface area contributed by atoms with Crippen LogP contribution < -0.4 is 5.32 Å². The summed E-state index contributed by atoms with van der Waals surface area (Å²) in [6.07, 6.45) is 0.906. The van der Waals surface area contributed by atoms with Gasteiger partial charge >= 0.3 is 0 Å². The van der Waals surface area contributed by atoms with Gasteiger partial charge in [0.15, 0.2) is 0 Å². The van der Waals surface area contributed by atoms with Gasteiger partial charge in [0.1, 0.15) is 10.8 Å². The summed E-state index contributed by atoms with van der Waals surface area (Å²) in [5.41, 5.74) is 2.66. The number of nitrogens with zero attached hydrogens (tertiary/aromatic N) is 1. The van der Waals surface area contributed by atoms with Crippen molar-refractivity contribution in [1.29, 1.82) is 0 Å². The van der Waals surface area contributed by atoms with Gasteiger partial charge < -0.3 is 5.32 Å². The maximum Gasteiger partial charge on any atom is 0.126 e. The Morgan fingerprint density at radius 3 is 2.71 bits per heavy atom. The molecule has 1 heterocycles. The Kier molecular flexibility index (Phi) is 5.48. The summed E-state index contributed by atoms with van der Waals surface area (Å²) in [5.74, 6) is 0.467. The van der Waals surface area contributed by atoms with Gasteiger partial charge in [-0.2, -0.15) is 0 Å². The van der Waals surface area contributed by atoms with Crippen LogP contribution in [0.1, 0.15) is 36.9 Å². The van der Waals surface area contributed by atoms with E-state index >= 15 is 0 Å². The molecule has 0 spiro atoms. The molecule has 0 aliphatic carbocycles. The fraction of sp³-hybridized carbons (Fsp3) is 0.471. The van der Waals surface area contributed by atoms with E-state index in [4.69, 9.17) is 0 Å². The molecule has 1 aromatic carbocycles. The van der Waals surface area contributed by atoms with Gasteiger partial charge in [-0.25, -0.2) is 9.37 Å². The maximum absolute atomic E-state index is 13.7. The summed E-state index contributed by atoms with van der Waals surface area (Å²) in [7, 11) is 0. The monoisotopic (exact) mass is 306 g/mol. The Bertz CT molecular complexity index is 605. The highest BCUT2D eigenvalue weighted by Gasteiger charge is 2.12. The first-order chi connectivity index (χ1) is 10.0. The molecule has 0 aliphatic heterocycles. The number of hydrogen-bond donors (Lipinski definition) is 1. The van der Waals surface area contributed by atoms with E-state index in [1.165, 1.54) is 4.88 Å². The van der Waals surface area contributed by atoms with E-state index in [2.05, 4.69) is 31.1 Å². The van der Waals surface area contributed by atoms with Crippen molar-refractivity contribution in [3.05, 3.63) is 40.2 Å². The first kappa shape index (κ1) is 16.1. The highest BCUT2D eigenvalue weighted by Crippen LogP contribution is 2.29. The first-order valence-corrected chi connectivity index (χ1v) is 8.28. The molecule has 21 heavy (non-hydrogen) atoms. The zero-order chi connectivity index (χ0) is 15.4. The number of thiazole rings is 1. The fourth-order valence-corrected chi connectivity index (χ4v) is 3.24. The van der Waals surface area contributed by atoms with Gasteiger partial charge in [0, 0.05) is 17.0 Å². The Morgan fingerprint density at radius 2 is 2.10 bits per heavy atom. The number of halogens is 1. The molecule has 0 fully saturated rings. The van der Waals surface area contributed by atoms with Crippen molar-refractivity contribution in [2.24, 2.45) is 5.92 Å². The summed E-state index contributed by atoms with van der Waals surface area (Å²) in [5, 5.41) is 4.37. The lowest BCUT2D eigenvalue weighted by molar-refractivity contribution is 0.553. The Morgan fingerprint density at radius 1 is 1.33 bits per heavy atom. The number of benzene rings is 1. The number of nitrogens with one attached hydrogen (secondary N) is 1. The second kappa shape index (κ2) is 7.14. The molecule has 0 bridgehead atoms. The molecule has 2 rings (SSSR count).